The Morgan fingerprint density at radius 2 is 2.06 bits per heavy atom. The number of carbonyl (C=O) groups is 1. The lowest BCUT2D eigenvalue weighted by Crippen LogP contribution is -2.46. The van der Waals surface area contributed by atoms with E-state index in [1.54, 1.807) is 17.0 Å². The van der Waals surface area contributed by atoms with Crippen LogP contribution in [0.15, 0.2) is 18.2 Å². The summed E-state index contributed by atoms with van der Waals surface area (Å²) >= 11 is 0. The second kappa shape index (κ2) is 6.47. The topological polar surface area (TPSA) is 61.8 Å². The smallest absolute Gasteiger partial charge is 0.257 e. The average Bonchev–Trinajstić information content (AvgIpc) is 2.39. The first kappa shape index (κ1) is 14.6. The van der Waals surface area contributed by atoms with Gasteiger partial charge in [-0.05, 0) is 12.1 Å². The quantitative estimate of drug-likeness (QED) is 0.839. The summed E-state index contributed by atoms with van der Waals surface area (Å²) < 4.78 is 4.98. The summed E-state index contributed by atoms with van der Waals surface area (Å²) in [5.41, 5.74) is 0.327. The number of methoxy groups -OCH3 is 1. The lowest BCUT2D eigenvalue weighted by atomic mass is 10.1. The highest BCUT2D eigenvalue weighted by atomic mass is 35.5. The van der Waals surface area contributed by atoms with Gasteiger partial charge in [0.15, 0.2) is 0 Å². The lowest BCUT2D eigenvalue weighted by Gasteiger charge is -2.27. The van der Waals surface area contributed by atoms with Crippen molar-refractivity contribution in [3.05, 3.63) is 23.8 Å². The summed E-state index contributed by atoms with van der Waals surface area (Å²) in [6.07, 6.45) is 0. The van der Waals surface area contributed by atoms with Crippen LogP contribution in [0.1, 0.15) is 10.4 Å². The third kappa shape index (κ3) is 3.05. The van der Waals surface area contributed by atoms with Crippen molar-refractivity contribution < 1.29 is 14.6 Å². The fourth-order valence-electron chi connectivity index (χ4n) is 1.86. The van der Waals surface area contributed by atoms with Gasteiger partial charge < -0.3 is 20.1 Å². The molecule has 1 amide bonds. The van der Waals surface area contributed by atoms with Crippen LogP contribution in [0.2, 0.25) is 0 Å². The largest absolute Gasteiger partial charge is 0.507 e. The monoisotopic (exact) mass is 272 g/mol. The molecule has 0 radical (unpaired) electrons. The fourth-order valence-corrected chi connectivity index (χ4v) is 1.86. The molecular weight excluding hydrogens is 256 g/mol. The van der Waals surface area contributed by atoms with Crippen molar-refractivity contribution in [3.63, 3.8) is 0 Å². The molecule has 2 rings (SSSR count). The zero-order valence-electron chi connectivity index (χ0n) is 10.2. The van der Waals surface area contributed by atoms with Crippen molar-refractivity contribution in [2.24, 2.45) is 0 Å². The van der Waals surface area contributed by atoms with E-state index in [2.05, 4.69) is 5.32 Å². The molecule has 1 fully saturated rings. The van der Waals surface area contributed by atoms with Crippen LogP contribution >= 0.6 is 12.4 Å². The van der Waals surface area contributed by atoms with E-state index in [4.69, 9.17) is 4.74 Å². The molecule has 1 aromatic carbocycles. The predicted molar refractivity (Wildman–Crippen MR) is 70.7 cm³/mol. The van der Waals surface area contributed by atoms with Crippen LogP contribution in [0.5, 0.6) is 11.5 Å². The number of aromatic hydroxyl groups is 1. The molecule has 5 nitrogen and oxygen atoms in total. The van der Waals surface area contributed by atoms with Crippen molar-refractivity contribution in [1.29, 1.82) is 0 Å². The summed E-state index contributed by atoms with van der Waals surface area (Å²) in [6, 6.07) is 4.73. The SMILES string of the molecule is COc1ccc(C(=O)N2CCNCC2)c(O)c1.Cl. The Balaban J connectivity index is 0.00000162. The van der Waals surface area contributed by atoms with Crippen LogP contribution in [-0.4, -0.2) is 49.2 Å². The Bertz CT molecular complexity index is 420. The molecule has 2 N–H and O–H groups in total. The highest BCUT2D eigenvalue weighted by molar-refractivity contribution is 5.97. The maximum absolute atomic E-state index is 12.1. The minimum absolute atomic E-state index is 0. The number of phenols is 1. The molecule has 100 valence electrons. The normalized spacial score (nSPS) is 14.8. The molecule has 1 heterocycles. The van der Waals surface area contributed by atoms with Gasteiger partial charge in [0.2, 0.25) is 0 Å². The molecule has 1 saturated heterocycles. The molecule has 0 aliphatic carbocycles. The Hall–Kier alpha value is -1.46. The summed E-state index contributed by atoms with van der Waals surface area (Å²) in [7, 11) is 1.52. The van der Waals surface area contributed by atoms with E-state index in [0.717, 1.165) is 13.1 Å². The van der Waals surface area contributed by atoms with Gasteiger partial charge in [-0.1, -0.05) is 0 Å². The number of rotatable bonds is 2. The zero-order valence-corrected chi connectivity index (χ0v) is 11.0. The van der Waals surface area contributed by atoms with Crippen molar-refractivity contribution in [3.8, 4) is 11.5 Å². The molecule has 18 heavy (non-hydrogen) atoms. The molecular formula is C12H17ClN2O3. The number of carbonyl (C=O) groups excluding carboxylic acids is 1. The van der Waals surface area contributed by atoms with Gasteiger partial charge in [-0.25, -0.2) is 0 Å². The number of piperazine rings is 1. The number of hydrogen-bond donors (Lipinski definition) is 2. The van der Waals surface area contributed by atoms with Crippen LogP contribution in [0.25, 0.3) is 0 Å². The first-order valence-electron chi connectivity index (χ1n) is 5.59. The molecule has 0 unspecified atom stereocenters. The van der Waals surface area contributed by atoms with E-state index in [1.807, 2.05) is 0 Å². The fraction of sp³-hybridized carbons (Fsp3) is 0.417. The number of amides is 1. The number of ether oxygens (including phenoxy) is 1. The third-order valence-corrected chi connectivity index (χ3v) is 2.84. The number of benzene rings is 1. The van der Waals surface area contributed by atoms with Gasteiger partial charge in [0.05, 0.1) is 12.7 Å². The lowest BCUT2D eigenvalue weighted by molar-refractivity contribution is 0.0732. The molecule has 1 aromatic rings. The molecule has 0 atom stereocenters. The van der Waals surface area contributed by atoms with Crippen LogP contribution < -0.4 is 10.1 Å². The average molecular weight is 273 g/mol. The highest BCUT2D eigenvalue weighted by Gasteiger charge is 2.20. The molecule has 0 saturated carbocycles. The maximum Gasteiger partial charge on any atom is 0.257 e. The Labute approximate surface area is 112 Å². The van der Waals surface area contributed by atoms with Gasteiger partial charge in [0, 0.05) is 32.2 Å². The number of phenolic OH excluding ortho intramolecular Hbond substituents is 1. The van der Waals surface area contributed by atoms with E-state index in [0.29, 0.717) is 24.4 Å². The van der Waals surface area contributed by atoms with Gasteiger partial charge in [0.25, 0.3) is 5.91 Å². The molecule has 1 aliphatic rings. The van der Waals surface area contributed by atoms with Crippen molar-refractivity contribution >= 4 is 18.3 Å². The van der Waals surface area contributed by atoms with Crippen molar-refractivity contribution in [2.45, 2.75) is 0 Å². The Morgan fingerprint density at radius 3 is 2.61 bits per heavy atom. The Kier molecular flexibility index (Phi) is 5.25. The second-order valence-electron chi connectivity index (χ2n) is 3.93. The molecule has 1 aliphatic heterocycles. The van der Waals surface area contributed by atoms with Gasteiger partial charge in [-0.2, -0.15) is 0 Å². The number of nitrogens with zero attached hydrogens (tertiary/aromatic N) is 1. The van der Waals surface area contributed by atoms with E-state index >= 15 is 0 Å². The van der Waals surface area contributed by atoms with Crippen LogP contribution in [0.4, 0.5) is 0 Å². The van der Waals surface area contributed by atoms with Crippen molar-refractivity contribution in [1.82, 2.24) is 10.2 Å². The number of halogens is 1. The predicted octanol–water partition coefficient (Wildman–Crippen LogP) is 0.868. The number of nitrogens with one attached hydrogen (secondary N) is 1. The van der Waals surface area contributed by atoms with Gasteiger partial charge in [0.1, 0.15) is 11.5 Å². The summed E-state index contributed by atoms with van der Waals surface area (Å²) in [5.74, 6) is 0.374. The highest BCUT2D eigenvalue weighted by Crippen LogP contribution is 2.24. The van der Waals surface area contributed by atoms with Crippen molar-refractivity contribution in [2.75, 3.05) is 33.3 Å². The maximum atomic E-state index is 12.1. The van der Waals surface area contributed by atoms with E-state index in [9.17, 15) is 9.90 Å². The van der Waals surface area contributed by atoms with Crippen LogP contribution in [0.3, 0.4) is 0 Å². The summed E-state index contributed by atoms with van der Waals surface area (Å²) in [6.45, 7) is 2.93. The van der Waals surface area contributed by atoms with Gasteiger partial charge in [-0.3, -0.25) is 4.79 Å². The molecule has 0 bridgehead atoms. The van der Waals surface area contributed by atoms with Gasteiger partial charge in [-0.15, -0.1) is 12.4 Å². The molecule has 6 heteroatoms. The van der Waals surface area contributed by atoms with E-state index < -0.39 is 0 Å². The van der Waals surface area contributed by atoms with E-state index in [1.165, 1.54) is 13.2 Å². The zero-order chi connectivity index (χ0) is 12.3. The van der Waals surface area contributed by atoms with Crippen LogP contribution in [-0.2, 0) is 0 Å². The minimum Gasteiger partial charge on any atom is -0.507 e. The first-order valence-corrected chi connectivity index (χ1v) is 5.59. The van der Waals surface area contributed by atoms with Gasteiger partial charge >= 0.3 is 0 Å². The molecule has 0 spiro atoms. The first-order chi connectivity index (χ1) is 8.22. The number of hydrogen-bond acceptors (Lipinski definition) is 4. The van der Waals surface area contributed by atoms with E-state index in [-0.39, 0.29) is 24.1 Å². The molecule has 0 aromatic heterocycles. The second-order valence-corrected chi connectivity index (χ2v) is 3.93. The van der Waals surface area contributed by atoms with Crippen LogP contribution in [0, 0.1) is 0 Å². The standard InChI is InChI=1S/C12H16N2O3.ClH/c1-17-9-2-3-10(11(15)8-9)12(16)14-6-4-13-5-7-14;/h2-3,8,13,15H,4-7H2,1H3;1H. The summed E-state index contributed by atoms with van der Waals surface area (Å²) in [4.78, 5) is 13.9. The Morgan fingerprint density at radius 1 is 1.39 bits per heavy atom. The minimum atomic E-state index is -0.133. The third-order valence-electron chi connectivity index (χ3n) is 2.84. The summed E-state index contributed by atoms with van der Waals surface area (Å²) in [5, 5.41) is 13.0.